The minimum atomic E-state index is -0.397. The van der Waals surface area contributed by atoms with E-state index in [1.807, 2.05) is 6.92 Å². The van der Waals surface area contributed by atoms with E-state index in [0.717, 1.165) is 6.42 Å². The van der Waals surface area contributed by atoms with Crippen LogP contribution in [-0.2, 0) is 6.54 Å². The molecule has 0 unspecified atom stereocenters. The summed E-state index contributed by atoms with van der Waals surface area (Å²) in [5.41, 5.74) is 7.68. The zero-order valence-corrected chi connectivity index (χ0v) is 13.2. The van der Waals surface area contributed by atoms with Crippen molar-refractivity contribution >= 4 is 5.95 Å². The largest absolute Gasteiger partial charge is 0.369 e. The standard InChI is InChI=1S/C18H17FN4O/c1-2-10-23-17(24)15(12-6-8-21-9-7-12)16(22-18(23)20)13-4-3-5-14(19)11-13/h3-9,11H,2,10H2,1H3,(H2,20,22). The maximum Gasteiger partial charge on any atom is 0.263 e. The molecule has 0 spiro atoms. The summed E-state index contributed by atoms with van der Waals surface area (Å²) in [7, 11) is 0. The number of halogens is 1. The number of nitrogens with zero attached hydrogens (tertiary/aromatic N) is 3. The fraction of sp³-hybridized carbons (Fsp3) is 0.167. The summed E-state index contributed by atoms with van der Waals surface area (Å²) in [5.74, 6) is -0.273. The van der Waals surface area contributed by atoms with Crippen LogP contribution in [0.5, 0.6) is 0 Å². The molecule has 0 aliphatic heterocycles. The van der Waals surface area contributed by atoms with Crippen molar-refractivity contribution in [2.24, 2.45) is 0 Å². The SMILES string of the molecule is CCCn1c(N)nc(-c2cccc(F)c2)c(-c2ccncc2)c1=O. The van der Waals surface area contributed by atoms with E-state index in [4.69, 9.17) is 5.73 Å². The fourth-order valence-corrected chi connectivity index (χ4v) is 2.63. The summed E-state index contributed by atoms with van der Waals surface area (Å²) in [6.45, 7) is 2.43. The number of anilines is 1. The Morgan fingerprint density at radius 2 is 1.92 bits per heavy atom. The van der Waals surface area contributed by atoms with Crippen LogP contribution in [-0.4, -0.2) is 14.5 Å². The lowest BCUT2D eigenvalue weighted by Crippen LogP contribution is -2.26. The van der Waals surface area contributed by atoms with Crippen LogP contribution in [0.1, 0.15) is 13.3 Å². The molecule has 3 aromatic rings. The van der Waals surface area contributed by atoms with Crippen LogP contribution in [0.4, 0.5) is 10.3 Å². The molecule has 5 nitrogen and oxygen atoms in total. The first-order chi connectivity index (χ1) is 11.6. The molecule has 0 bridgehead atoms. The van der Waals surface area contributed by atoms with Crippen molar-refractivity contribution in [3.63, 3.8) is 0 Å². The molecule has 122 valence electrons. The third-order valence-electron chi connectivity index (χ3n) is 3.71. The maximum absolute atomic E-state index is 13.6. The quantitative estimate of drug-likeness (QED) is 0.800. The van der Waals surface area contributed by atoms with Gasteiger partial charge in [-0.25, -0.2) is 9.37 Å². The van der Waals surface area contributed by atoms with E-state index in [2.05, 4.69) is 9.97 Å². The number of hydrogen-bond acceptors (Lipinski definition) is 4. The van der Waals surface area contributed by atoms with Crippen LogP contribution in [0.2, 0.25) is 0 Å². The highest BCUT2D eigenvalue weighted by Gasteiger charge is 2.18. The number of benzene rings is 1. The van der Waals surface area contributed by atoms with Crippen molar-refractivity contribution in [2.75, 3.05) is 5.73 Å². The first-order valence-electron chi connectivity index (χ1n) is 7.68. The van der Waals surface area contributed by atoms with Crippen molar-refractivity contribution in [1.29, 1.82) is 0 Å². The van der Waals surface area contributed by atoms with Gasteiger partial charge < -0.3 is 5.73 Å². The average molecular weight is 324 g/mol. The number of nitrogen functional groups attached to an aromatic ring is 1. The van der Waals surface area contributed by atoms with E-state index in [0.29, 0.717) is 28.9 Å². The minimum absolute atomic E-state index is 0.124. The number of pyridine rings is 1. The normalized spacial score (nSPS) is 10.8. The fourth-order valence-electron chi connectivity index (χ4n) is 2.63. The second kappa shape index (κ2) is 6.62. The monoisotopic (exact) mass is 324 g/mol. The third kappa shape index (κ3) is 2.90. The molecule has 2 aromatic heterocycles. The molecule has 0 amide bonds. The highest BCUT2D eigenvalue weighted by atomic mass is 19.1. The van der Waals surface area contributed by atoms with Gasteiger partial charge >= 0.3 is 0 Å². The Labute approximate surface area is 138 Å². The summed E-state index contributed by atoms with van der Waals surface area (Å²) >= 11 is 0. The van der Waals surface area contributed by atoms with Crippen molar-refractivity contribution in [3.05, 3.63) is 65.0 Å². The molecule has 0 aliphatic carbocycles. The van der Waals surface area contributed by atoms with E-state index in [-0.39, 0.29) is 11.5 Å². The molecule has 0 aliphatic rings. The van der Waals surface area contributed by atoms with E-state index < -0.39 is 5.82 Å². The van der Waals surface area contributed by atoms with Crippen molar-refractivity contribution < 1.29 is 4.39 Å². The number of nitrogens with two attached hydrogens (primary N) is 1. The smallest absolute Gasteiger partial charge is 0.263 e. The molecule has 0 radical (unpaired) electrons. The Balaban J connectivity index is 2.34. The van der Waals surface area contributed by atoms with E-state index in [1.54, 1.807) is 36.7 Å². The predicted octanol–water partition coefficient (Wildman–Crippen LogP) is 3.10. The lowest BCUT2D eigenvalue weighted by Gasteiger charge is -2.14. The van der Waals surface area contributed by atoms with E-state index in [9.17, 15) is 9.18 Å². The summed E-state index contributed by atoms with van der Waals surface area (Å²) in [6.07, 6.45) is 3.95. The van der Waals surface area contributed by atoms with Gasteiger partial charge in [-0.3, -0.25) is 14.3 Å². The Morgan fingerprint density at radius 1 is 1.17 bits per heavy atom. The van der Waals surface area contributed by atoms with Crippen LogP contribution >= 0.6 is 0 Å². The molecule has 2 heterocycles. The molecule has 3 rings (SSSR count). The molecule has 0 fully saturated rings. The van der Waals surface area contributed by atoms with Crippen LogP contribution < -0.4 is 11.3 Å². The molecule has 24 heavy (non-hydrogen) atoms. The zero-order valence-electron chi connectivity index (χ0n) is 13.2. The highest BCUT2D eigenvalue weighted by molar-refractivity contribution is 5.80. The lowest BCUT2D eigenvalue weighted by molar-refractivity contribution is 0.628. The van der Waals surface area contributed by atoms with Gasteiger partial charge in [0.05, 0.1) is 11.3 Å². The summed E-state index contributed by atoms with van der Waals surface area (Å²) < 4.78 is 15.1. The van der Waals surface area contributed by atoms with E-state index in [1.165, 1.54) is 16.7 Å². The second-order valence-corrected chi connectivity index (χ2v) is 5.40. The van der Waals surface area contributed by atoms with Crippen molar-refractivity contribution in [1.82, 2.24) is 14.5 Å². The molecule has 0 saturated carbocycles. The van der Waals surface area contributed by atoms with Gasteiger partial charge in [-0.15, -0.1) is 0 Å². The topological polar surface area (TPSA) is 73.8 Å². The van der Waals surface area contributed by atoms with Gasteiger partial charge in [0.15, 0.2) is 0 Å². The first kappa shape index (κ1) is 15.9. The molecule has 6 heteroatoms. The van der Waals surface area contributed by atoms with Gasteiger partial charge in [-0.1, -0.05) is 19.1 Å². The van der Waals surface area contributed by atoms with Gasteiger partial charge in [0.1, 0.15) is 5.82 Å². The van der Waals surface area contributed by atoms with Gasteiger partial charge in [0, 0.05) is 24.5 Å². The van der Waals surface area contributed by atoms with Crippen LogP contribution in [0.15, 0.2) is 53.6 Å². The highest BCUT2D eigenvalue weighted by Crippen LogP contribution is 2.28. The predicted molar refractivity (Wildman–Crippen MR) is 91.8 cm³/mol. The van der Waals surface area contributed by atoms with Gasteiger partial charge in [0.2, 0.25) is 5.95 Å². The Morgan fingerprint density at radius 3 is 2.58 bits per heavy atom. The van der Waals surface area contributed by atoms with Crippen LogP contribution in [0.25, 0.3) is 22.4 Å². The number of hydrogen-bond donors (Lipinski definition) is 1. The van der Waals surface area contributed by atoms with Crippen LogP contribution in [0, 0.1) is 5.82 Å². The number of aromatic nitrogens is 3. The van der Waals surface area contributed by atoms with Gasteiger partial charge in [0.25, 0.3) is 5.56 Å². The summed E-state index contributed by atoms with van der Waals surface area (Å²) in [4.78, 5) is 21.4. The molecule has 2 N–H and O–H groups in total. The van der Waals surface area contributed by atoms with Crippen molar-refractivity contribution in [3.8, 4) is 22.4 Å². The van der Waals surface area contributed by atoms with Crippen LogP contribution in [0.3, 0.4) is 0 Å². The van der Waals surface area contributed by atoms with E-state index >= 15 is 0 Å². The molecule has 0 atom stereocenters. The Bertz CT molecular complexity index is 922. The maximum atomic E-state index is 13.6. The summed E-state index contributed by atoms with van der Waals surface area (Å²) in [5, 5.41) is 0. The molecular weight excluding hydrogens is 307 g/mol. The minimum Gasteiger partial charge on any atom is -0.369 e. The molecule has 0 saturated heterocycles. The lowest BCUT2D eigenvalue weighted by atomic mass is 10.0. The number of rotatable bonds is 4. The van der Waals surface area contributed by atoms with Gasteiger partial charge in [-0.2, -0.15) is 0 Å². The molecule has 1 aromatic carbocycles. The third-order valence-corrected chi connectivity index (χ3v) is 3.71. The Hall–Kier alpha value is -3.02. The zero-order chi connectivity index (χ0) is 17.1. The summed E-state index contributed by atoms with van der Waals surface area (Å²) in [6, 6.07) is 9.43. The second-order valence-electron chi connectivity index (χ2n) is 5.40. The molecular formula is C18H17FN4O. The Kier molecular flexibility index (Phi) is 4.37. The van der Waals surface area contributed by atoms with Gasteiger partial charge in [-0.05, 0) is 36.2 Å². The van der Waals surface area contributed by atoms with Crippen molar-refractivity contribution in [2.45, 2.75) is 19.9 Å². The first-order valence-corrected chi connectivity index (χ1v) is 7.68. The average Bonchev–Trinajstić information content (AvgIpc) is 2.59.